The number of nitrogens with one attached hydrogen (secondary N) is 1. The first-order valence-electron chi connectivity index (χ1n) is 6.74. The molecule has 0 saturated carbocycles. The number of ether oxygens (including phenoxy) is 1. The summed E-state index contributed by atoms with van der Waals surface area (Å²) >= 11 is 0. The van der Waals surface area contributed by atoms with Crippen molar-refractivity contribution in [3.8, 4) is 0 Å². The van der Waals surface area contributed by atoms with E-state index in [9.17, 15) is 0 Å². The Morgan fingerprint density at radius 2 is 2.05 bits per heavy atom. The summed E-state index contributed by atoms with van der Waals surface area (Å²) < 4.78 is 16.2. The van der Waals surface area contributed by atoms with Gasteiger partial charge in [-0.3, -0.25) is 0 Å². The fourth-order valence-corrected chi connectivity index (χ4v) is 2.32. The molecule has 0 aliphatic carbocycles. The van der Waals surface area contributed by atoms with Crippen molar-refractivity contribution >= 4 is 0 Å². The van der Waals surface area contributed by atoms with E-state index in [4.69, 9.17) is 13.8 Å². The lowest BCUT2D eigenvalue weighted by Crippen LogP contribution is -2.39. The van der Waals surface area contributed by atoms with Crippen molar-refractivity contribution in [3.63, 3.8) is 0 Å². The number of rotatable bonds is 3. The topological polar surface area (TPSA) is 86.2 Å². The average molecular weight is 278 g/mol. The minimum Gasteiger partial charge on any atom is -0.363 e. The maximum atomic E-state index is 5.78. The molecule has 1 aliphatic rings. The minimum absolute atomic E-state index is 0.145. The average Bonchev–Trinajstić information content (AvgIpc) is 3.01. The van der Waals surface area contributed by atoms with Gasteiger partial charge in [0.2, 0.25) is 0 Å². The summed E-state index contributed by atoms with van der Waals surface area (Å²) in [5.41, 5.74) is 1.87. The van der Waals surface area contributed by atoms with Crippen LogP contribution < -0.4 is 5.32 Å². The van der Waals surface area contributed by atoms with E-state index in [2.05, 4.69) is 20.6 Å². The van der Waals surface area contributed by atoms with E-state index >= 15 is 0 Å². The van der Waals surface area contributed by atoms with Gasteiger partial charge in [0.15, 0.2) is 5.82 Å². The molecule has 108 valence electrons. The van der Waals surface area contributed by atoms with Gasteiger partial charge in [-0.05, 0) is 20.8 Å². The third-order valence-electron chi connectivity index (χ3n) is 3.43. The largest absolute Gasteiger partial charge is 0.363 e. The fourth-order valence-electron chi connectivity index (χ4n) is 2.32. The Hall–Kier alpha value is -1.73. The summed E-state index contributed by atoms with van der Waals surface area (Å²) in [6.07, 6.45) is 0.525. The minimum atomic E-state index is -0.176. The van der Waals surface area contributed by atoms with Crippen molar-refractivity contribution in [1.82, 2.24) is 20.6 Å². The molecule has 0 spiro atoms. The van der Waals surface area contributed by atoms with Gasteiger partial charge in [0, 0.05) is 25.1 Å². The van der Waals surface area contributed by atoms with E-state index in [1.807, 2.05) is 20.8 Å². The molecule has 1 fully saturated rings. The zero-order valence-electron chi connectivity index (χ0n) is 11.8. The predicted octanol–water partition coefficient (Wildman–Crippen LogP) is 1.31. The van der Waals surface area contributed by atoms with Crippen LogP contribution in [0, 0.1) is 13.8 Å². The SMILES string of the molecule is Cc1noc(C)c1Cc1noc([C@H]2CNC[C@@H](C)O2)n1. The van der Waals surface area contributed by atoms with E-state index in [0.29, 0.717) is 24.7 Å². The number of hydrogen-bond donors (Lipinski definition) is 1. The highest BCUT2D eigenvalue weighted by molar-refractivity contribution is 5.24. The summed E-state index contributed by atoms with van der Waals surface area (Å²) in [4.78, 5) is 4.41. The van der Waals surface area contributed by atoms with Crippen molar-refractivity contribution in [2.45, 2.75) is 39.4 Å². The summed E-state index contributed by atoms with van der Waals surface area (Å²) in [6, 6.07) is 0. The van der Waals surface area contributed by atoms with E-state index in [1.54, 1.807) is 0 Å². The molecule has 2 atom stereocenters. The Morgan fingerprint density at radius 3 is 2.75 bits per heavy atom. The van der Waals surface area contributed by atoms with Crippen molar-refractivity contribution in [3.05, 3.63) is 28.7 Å². The number of aryl methyl sites for hydroxylation is 2. The Morgan fingerprint density at radius 1 is 1.20 bits per heavy atom. The molecule has 0 amide bonds. The van der Waals surface area contributed by atoms with Crippen LogP contribution >= 0.6 is 0 Å². The molecule has 3 heterocycles. The predicted molar refractivity (Wildman–Crippen MR) is 69.2 cm³/mol. The lowest BCUT2D eigenvalue weighted by molar-refractivity contribution is -0.0438. The number of hydrogen-bond acceptors (Lipinski definition) is 7. The van der Waals surface area contributed by atoms with Crippen LogP contribution in [0.3, 0.4) is 0 Å². The molecule has 20 heavy (non-hydrogen) atoms. The second-order valence-corrected chi connectivity index (χ2v) is 5.12. The van der Waals surface area contributed by atoms with Crippen molar-refractivity contribution in [2.75, 3.05) is 13.1 Å². The maximum Gasteiger partial charge on any atom is 0.257 e. The summed E-state index contributed by atoms with van der Waals surface area (Å²) in [5, 5.41) is 11.2. The second-order valence-electron chi connectivity index (χ2n) is 5.12. The van der Waals surface area contributed by atoms with Crippen LogP contribution in [0.4, 0.5) is 0 Å². The van der Waals surface area contributed by atoms with E-state index < -0.39 is 0 Å². The first-order valence-corrected chi connectivity index (χ1v) is 6.74. The third kappa shape index (κ3) is 2.59. The smallest absolute Gasteiger partial charge is 0.257 e. The zero-order valence-corrected chi connectivity index (χ0v) is 11.8. The molecule has 7 heteroatoms. The molecule has 0 unspecified atom stereocenters. The molecular formula is C13H18N4O3. The first kappa shape index (κ1) is 13.3. The van der Waals surface area contributed by atoms with Crippen LogP contribution in [0.5, 0.6) is 0 Å². The highest BCUT2D eigenvalue weighted by Gasteiger charge is 2.26. The van der Waals surface area contributed by atoms with Gasteiger partial charge >= 0.3 is 0 Å². The number of nitrogens with zero attached hydrogens (tertiary/aromatic N) is 3. The van der Waals surface area contributed by atoms with Crippen LogP contribution in [-0.2, 0) is 11.2 Å². The number of aromatic nitrogens is 3. The van der Waals surface area contributed by atoms with Crippen molar-refractivity contribution < 1.29 is 13.8 Å². The third-order valence-corrected chi connectivity index (χ3v) is 3.43. The van der Waals surface area contributed by atoms with E-state index in [-0.39, 0.29) is 12.2 Å². The quantitative estimate of drug-likeness (QED) is 0.905. The summed E-state index contributed by atoms with van der Waals surface area (Å²) in [6.45, 7) is 7.34. The Kier molecular flexibility index (Phi) is 3.54. The molecule has 1 aliphatic heterocycles. The highest BCUT2D eigenvalue weighted by atomic mass is 16.5. The molecule has 0 bridgehead atoms. The van der Waals surface area contributed by atoms with Gasteiger partial charge in [0.25, 0.3) is 5.89 Å². The van der Waals surface area contributed by atoms with E-state index in [1.165, 1.54) is 0 Å². The lowest BCUT2D eigenvalue weighted by atomic mass is 10.1. The maximum absolute atomic E-state index is 5.78. The van der Waals surface area contributed by atoms with Crippen molar-refractivity contribution in [1.29, 1.82) is 0 Å². The molecule has 2 aromatic heterocycles. The van der Waals surface area contributed by atoms with Crippen LogP contribution in [0.25, 0.3) is 0 Å². The Labute approximate surface area is 116 Å². The van der Waals surface area contributed by atoms with Gasteiger partial charge in [-0.15, -0.1) is 0 Å². The van der Waals surface area contributed by atoms with Gasteiger partial charge < -0.3 is 19.1 Å². The van der Waals surface area contributed by atoms with Gasteiger partial charge in [0.05, 0.1) is 11.8 Å². The van der Waals surface area contributed by atoms with Gasteiger partial charge in [-0.2, -0.15) is 4.98 Å². The molecule has 0 aromatic carbocycles. The van der Waals surface area contributed by atoms with Gasteiger partial charge in [0.1, 0.15) is 11.9 Å². The highest BCUT2D eigenvalue weighted by Crippen LogP contribution is 2.21. The van der Waals surface area contributed by atoms with Crippen LogP contribution in [0.1, 0.15) is 41.8 Å². The second kappa shape index (κ2) is 5.34. The van der Waals surface area contributed by atoms with Crippen LogP contribution in [0.15, 0.2) is 9.05 Å². The molecular weight excluding hydrogens is 260 g/mol. The Balaban J connectivity index is 1.74. The molecule has 1 N–H and O–H groups in total. The molecule has 7 nitrogen and oxygen atoms in total. The standard InChI is InChI=1S/C13H18N4O3/c1-7-5-14-6-11(18-7)13-15-12(17-20-13)4-10-8(2)16-19-9(10)3/h7,11,14H,4-6H2,1-3H3/t7-,11-/m1/s1. The van der Waals surface area contributed by atoms with E-state index in [0.717, 1.165) is 23.6 Å². The first-order chi connectivity index (χ1) is 9.63. The molecule has 0 radical (unpaired) electrons. The van der Waals surface area contributed by atoms with Crippen LogP contribution in [0.2, 0.25) is 0 Å². The zero-order chi connectivity index (χ0) is 14.1. The lowest BCUT2D eigenvalue weighted by Gasteiger charge is -2.25. The molecule has 2 aromatic rings. The summed E-state index contributed by atoms with van der Waals surface area (Å²) in [7, 11) is 0. The van der Waals surface area contributed by atoms with Gasteiger partial charge in [-0.25, -0.2) is 0 Å². The number of morpholine rings is 1. The molecule has 3 rings (SSSR count). The van der Waals surface area contributed by atoms with Gasteiger partial charge in [-0.1, -0.05) is 10.3 Å². The fraction of sp³-hybridized carbons (Fsp3) is 0.615. The van der Waals surface area contributed by atoms with Crippen LogP contribution in [-0.4, -0.2) is 34.5 Å². The Bertz CT molecular complexity index is 573. The van der Waals surface area contributed by atoms with Crippen molar-refractivity contribution in [2.24, 2.45) is 0 Å². The summed E-state index contributed by atoms with van der Waals surface area (Å²) in [5.74, 6) is 1.93. The monoisotopic (exact) mass is 278 g/mol. The molecule has 1 saturated heterocycles. The normalized spacial score (nSPS) is 23.1.